The van der Waals surface area contributed by atoms with Crippen LogP contribution in [0, 0.1) is 6.92 Å². The minimum absolute atomic E-state index is 0.286. The van der Waals surface area contributed by atoms with E-state index in [0.717, 1.165) is 51.9 Å². The fourth-order valence-electron chi connectivity index (χ4n) is 3.91. The molecule has 34 heavy (non-hydrogen) atoms. The number of aryl methyl sites for hydroxylation is 2. The number of hydrogen-bond donors (Lipinski definition) is 1. The van der Waals surface area contributed by atoms with Crippen LogP contribution in [0.15, 0.2) is 65.1 Å². The second kappa shape index (κ2) is 10.7. The molecule has 176 valence electrons. The van der Waals surface area contributed by atoms with E-state index in [1.54, 1.807) is 0 Å². The summed E-state index contributed by atoms with van der Waals surface area (Å²) in [6.45, 7) is 2.43. The van der Waals surface area contributed by atoms with Crippen LogP contribution in [0.4, 0.5) is 0 Å². The molecule has 0 bridgehead atoms. The summed E-state index contributed by atoms with van der Waals surface area (Å²) in [5.74, 6) is 1.17. The lowest BCUT2D eigenvalue weighted by molar-refractivity contribution is -0.148. The van der Waals surface area contributed by atoms with Gasteiger partial charge in [0, 0.05) is 29.5 Å². The smallest absolute Gasteiger partial charge is 0.333 e. The van der Waals surface area contributed by atoms with Gasteiger partial charge in [0.05, 0.1) is 12.3 Å². The predicted molar refractivity (Wildman–Crippen MR) is 132 cm³/mol. The third-order valence-electron chi connectivity index (χ3n) is 5.74. The number of carbonyl (C=O) groups is 1. The summed E-state index contributed by atoms with van der Waals surface area (Å²) in [4.78, 5) is 16.0. The minimum atomic E-state index is -0.978. The summed E-state index contributed by atoms with van der Waals surface area (Å²) >= 11 is 5.96. The molecule has 1 atom stereocenters. The van der Waals surface area contributed by atoms with Gasteiger partial charge in [-0.15, -0.1) is 0 Å². The third-order valence-corrected chi connectivity index (χ3v) is 5.99. The van der Waals surface area contributed by atoms with Crippen LogP contribution in [0.3, 0.4) is 0 Å². The van der Waals surface area contributed by atoms with Gasteiger partial charge in [0.2, 0.25) is 5.89 Å². The number of benzene rings is 3. The molecule has 0 aliphatic carbocycles. The Labute approximate surface area is 203 Å². The van der Waals surface area contributed by atoms with Crippen molar-refractivity contribution in [2.75, 3.05) is 13.7 Å². The Hall–Kier alpha value is -3.35. The number of carboxylic acid groups (broad SMARTS) is 1. The van der Waals surface area contributed by atoms with Crippen molar-refractivity contribution < 1.29 is 23.8 Å². The lowest BCUT2D eigenvalue weighted by Gasteiger charge is -2.15. The van der Waals surface area contributed by atoms with Gasteiger partial charge in [-0.2, -0.15) is 0 Å². The topological polar surface area (TPSA) is 81.8 Å². The Morgan fingerprint density at radius 1 is 1.09 bits per heavy atom. The van der Waals surface area contributed by atoms with Crippen LogP contribution in [0.5, 0.6) is 5.75 Å². The maximum absolute atomic E-state index is 11.4. The van der Waals surface area contributed by atoms with E-state index in [-0.39, 0.29) is 6.42 Å². The van der Waals surface area contributed by atoms with E-state index >= 15 is 0 Å². The minimum Gasteiger partial charge on any atom is -0.493 e. The molecule has 0 amide bonds. The fraction of sp³-hybridized carbons (Fsp3) is 0.259. The maximum atomic E-state index is 11.4. The lowest BCUT2D eigenvalue weighted by Crippen LogP contribution is -2.24. The molecule has 1 aromatic heterocycles. The number of fused-ring (bicyclic) bond motifs is 1. The highest BCUT2D eigenvalue weighted by Gasteiger charge is 2.19. The van der Waals surface area contributed by atoms with Crippen LogP contribution in [0.2, 0.25) is 5.02 Å². The van der Waals surface area contributed by atoms with E-state index in [0.29, 0.717) is 17.5 Å². The third kappa shape index (κ3) is 5.41. The highest BCUT2D eigenvalue weighted by Crippen LogP contribution is 2.30. The quantitative estimate of drug-likeness (QED) is 0.276. The summed E-state index contributed by atoms with van der Waals surface area (Å²) in [7, 11) is 1.41. The van der Waals surface area contributed by atoms with Crippen LogP contribution in [0.25, 0.3) is 22.2 Å². The van der Waals surface area contributed by atoms with Crippen molar-refractivity contribution in [3.63, 3.8) is 0 Å². The average molecular weight is 480 g/mol. The van der Waals surface area contributed by atoms with E-state index in [9.17, 15) is 9.90 Å². The molecule has 4 rings (SSSR count). The highest BCUT2D eigenvalue weighted by molar-refractivity contribution is 6.30. The highest BCUT2D eigenvalue weighted by atomic mass is 35.5. The molecule has 1 heterocycles. The lowest BCUT2D eigenvalue weighted by atomic mass is 9.99. The van der Waals surface area contributed by atoms with Crippen LogP contribution in [-0.2, 0) is 22.4 Å². The molecule has 0 aliphatic rings. The van der Waals surface area contributed by atoms with Crippen molar-refractivity contribution in [3.05, 3.63) is 82.7 Å². The summed E-state index contributed by atoms with van der Waals surface area (Å²) < 4.78 is 17.0. The standard InChI is InChI=1S/C27H26ClNO5/c1-17-23(29-26(34-17)18-9-12-20(28)13-10-18)8-5-15-33-24-14-11-19(16-25(32-2)27(30)31)21-6-3-4-7-22(21)24/h3-4,6-7,9-14,25H,5,8,15-16H2,1-2H3,(H,30,31). The van der Waals surface area contributed by atoms with Gasteiger partial charge in [0.25, 0.3) is 0 Å². The number of carboxylic acids is 1. The van der Waals surface area contributed by atoms with Gasteiger partial charge in [-0.1, -0.05) is 41.9 Å². The monoisotopic (exact) mass is 479 g/mol. The fourth-order valence-corrected chi connectivity index (χ4v) is 4.03. The summed E-state index contributed by atoms with van der Waals surface area (Å²) in [5, 5.41) is 11.9. The number of aliphatic carboxylic acids is 1. The first-order valence-electron chi connectivity index (χ1n) is 11.1. The SMILES string of the molecule is COC(Cc1ccc(OCCCc2nc(-c3ccc(Cl)cc3)oc2C)c2ccccc12)C(=O)O. The Bertz CT molecular complexity index is 1280. The van der Waals surface area contributed by atoms with E-state index in [4.69, 9.17) is 25.5 Å². The molecular weight excluding hydrogens is 454 g/mol. The molecule has 0 saturated heterocycles. The van der Waals surface area contributed by atoms with E-state index in [1.165, 1.54) is 7.11 Å². The molecule has 0 spiro atoms. The number of oxazole rings is 1. The normalized spacial score (nSPS) is 12.1. The van der Waals surface area contributed by atoms with Gasteiger partial charge in [0.15, 0.2) is 6.10 Å². The molecule has 7 heteroatoms. The van der Waals surface area contributed by atoms with Crippen LogP contribution >= 0.6 is 11.6 Å². The molecule has 0 radical (unpaired) electrons. The zero-order chi connectivity index (χ0) is 24.1. The molecular formula is C27H26ClNO5. The van der Waals surface area contributed by atoms with Crippen LogP contribution < -0.4 is 4.74 Å². The number of hydrogen-bond acceptors (Lipinski definition) is 5. The molecule has 0 saturated carbocycles. The Morgan fingerprint density at radius 3 is 2.53 bits per heavy atom. The second-order valence-electron chi connectivity index (χ2n) is 8.02. The summed E-state index contributed by atoms with van der Waals surface area (Å²) in [6, 6.07) is 19.1. The first kappa shape index (κ1) is 23.8. The first-order valence-corrected chi connectivity index (χ1v) is 11.5. The van der Waals surface area contributed by atoms with Crippen LogP contribution in [0.1, 0.15) is 23.4 Å². The second-order valence-corrected chi connectivity index (χ2v) is 8.45. The van der Waals surface area contributed by atoms with Crippen molar-refractivity contribution in [2.24, 2.45) is 0 Å². The zero-order valence-electron chi connectivity index (χ0n) is 19.1. The molecule has 4 aromatic rings. The number of aromatic nitrogens is 1. The number of rotatable bonds is 10. The molecule has 1 unspecified atom stereocenters. The van der Waals surface area contributed by atoms with E-state index < -0.39 is 12.1 Å². The molecule has 3 aromatic carbocycles. The van der Waals surface area contributed by atoms with E-state index in [1.807, 2.05) is 67.6 Å². The van der Waals surface area contributed by atoms with Crippen molar-refractivity contribution in [1.82, 2.24) is 4.98 Å². The Balaban J connectivity index is 1.41. The van der Waals surface area contributed by atoms with Crippen molar-refractivity contribution in [1.29, 1.82) is 0 Å². The maximum Gasteiger partial charge on any atom is 0.333 e. The van der Waals surface area contributed by atoms with Gasteiger partial charge in [-0.25, -0.2) is 9.78 Å². The van der Waals surface area contributed by atoms with Crippen molar-refractivity contribution in [3.8, 4) is 17.2 Å². The van der Waals surface area contributed by atoms with Gasteiger partial charge in [0.1, 0.15) is 11.5 Å². The molecule has 0 aliphatic heterocycles. The Kier molecular flexibility index (Phi) is 7.50. The van der Waals surface area contributed by atoms with Gasteiger partial charge < -0.3 is 19.0 Å². The number of nitrogens with zero attached hydrogens (tertiary/aromatic N) is 1. The van der Waals surface area contributed by atoms with E-state index in [2.05, 4.69) is 4.98 Å². The first-order chi connectivity index (χ1) is 16.5. The largest absolute Gasteiger partial charge is 0.493 e. The summed E-state index contributed by atoms with van der Waals surface area (Å²) in [6.07, 6.45) is 0.897. The average Bonchev–Trinajstić information content (AvgIpc) is 3.21. The summed E-state index contributed by atoms with van der Waals surface area (Å²) in [5.41, 5.74) is 2.71. The molecule has 6 nitrogen and oxygen atoms in total. The number of ether oxygens (including phenoxy) is 2. The predicted octanol–water partition coefficient (Wildman–Crippen LogP) is 6.11. The Morgan fingerprint density at radius 2 is 1.82 bits per heavy atom. The van der Waals surface area contributed by atoms with Gasteiger partial charge in [-0.05, 0) is 61.0 Å². The number of methoxy groups -OCH3 is 1. The van der Waals surface area contributed by atoms with Gasteiger partial charge >= 0.3 is 5.97 Å². The zero-order valence-corrected chi connectivity index (χ0v) is 19.8. The molecule has 0 fully saturated rings. The van der Waals surface area contributed by atoms with Crippen molar-refractivity contribution >= 4 is 28.3 Å². The van der Waals surface area contributed by atoms with Gasteiger partial charge in [-0.3, -0.25) is 0 Å². The van der Waals surface area contributed by atoms with Crippen LogP contribution in [-0.4, -0.2) is 35.9 Å². The molecule has 1 N–H and O–H groups in total. The van der Waals surface area contributed by atoms with Crippen molar-refractivity contribution in [2.45, 2.75) is 32.3 Å². The number of halogens is 1.